The lowest BCUT2D eigenvalue weighted by Crippen LogP contribution is -2.40. The van der Waals surface area contributed by atoms with Gasteiger partial charge in [-0.25, -0.2) is 9.59 Å². The number of hydrogen-bond donors (Lipinski definition) is 0. The van der Waals surface area contributed by atoms with E-state index in [1.165, 1.54) is 9.13 Å². The van der Waals surface area contributed by atoms with Crippen LogP contribution in [0.25, 0.3) is 10.2 Å². The first kappa shape index (κ1) is 20.4. The minimum absolute atomic E-state index is 0.309. The summed E-state index contributed by atoms with van der Waals surface area (Å²) in [5.41, 5.74) is -0.819. The van der Waals surface area contributed by atoms with Crippen molar-refractivity contribution in [2.45, 2.75) is 59.7 Å². The number of aryl methyl sites for hydroxylation is 1. The largest absolute Gasteiger partial charge is 0.456 e. The minimum atomic E-state index is -0.641. The van der Waals surface area contributed by atoms with Crippen molar-refractivity contribution in [2.75, 3.05) is 13.7 Å². The molecule has 0 N–H and O–H groups in total. The molecule has 2 aromatic rings. The van der Waals surface area contributed by atoms with Gasteiger partial charge in [-0.05, 0) is 39.7 Å². The van der Waals surface area contributed by atoms with Crippen molar-refractivity contribution in [1.29, 1.82) is 0 Å². The SMILES string of the molecule is CCCn1c(=O)c2c(C)c(C(=O)OC(C)(C)C)sc2n(CCOC)c1=O. The summed E-state index contributed by atoms with van der Waals surface area (Å²) in [5.74, 6) is -0.483. The lowest BCUT2D eigenvalue weighted by molar-refractivity contribution is 0.00746. The highest BCUT2D eigenvalue weighted by molar-refractivity contribution is 7.20. The molecular formula is C18H26N2O5S. The summed E-state index contributed by atoms with van der Waals surface area (Å²) in [6.45, 7) is 9.96. The Labute approximate surface area is 156 Å². The van der Waals surface area contributed by atoms with Crippen LogP contribution in [-0.4, -0.2) is 34.4 Å². The normalized spacial score (nSPS) is 11.9. The van der Waals surface area contributed by atoms with E-state index in [2.05, 4.69) is 0 Å². The van der Waals surface area contributed by atoms with Crippen LogP contribution in [0.15, 0.2) is 9.59 Å². The highest BCUT2D eigenvalue weighted by Gasteiger charge is 2.26. The van der Waals surface area contributed by atoms with E-state index in [1.807, 2.05) is 6.92 Å². The molecule has 2 heterocycles. The summed E-state index contributed by atoms with van der Waals surface area (Å²) < 4.78 is 13.3. The number of nitrogens with zero attached hydrogens (tertiary/aromatic N) is 2. The smallest absolute Gasteiger partial charge is 0.349 e. The molecule has 7 nitrogen and oxygen atoms in total. The fourth-order valence-corrected chi connectivity index (χ4v) is 3.91. The number of hydrogen-bond acceptors (Lipinski definition) is 6. The maximum atomic E-state index is 12.9. The number of thiophene rings is 1. The summed E-state index contributed by atoms with van der Waals surface area (Å²) in [6, 6.07) is 0. The third kappa shape index (κ3) is 3.91. The molecule has 0 saturated heterocycles. The Kier molecular flexibility index (Phi) is 6.08. The van der Waals surface area contributed by atoms with Crippen LogP contribution in [0.4, 0.5) is 0 Å². The maximum absolute atomic E-state index is 12.9. The molecule has 0 aliphatic rings. The van der Waals surface area contributed by atoms with Gasteiger partial charge in [0.05, 0.1) is 18.5 Å². The average Bonchev–Trinajstić information content (AvgIpc) is 2.87. The summed E-state index contributed by atoms with van der Waals surface area (Å²) in [6.07, 6.45) is 0.660. The zero-order valence-corrected chi connectivity index (χ0v) is 17.0. The van der Waals surface area contributed by atoms with Crippen molar-refractivity contribution < 1.29 is 14.3 Å². The molecule has 0 fully saturated rings. The minimum Gasteiger partial charge on any atom is -0.456 e. The van der Waals surface area contributed by atoms with Crippen molar-refractivity contribution in [2.24, 2.45) is 0 Å². The lowest BCUT2D eigenvalue weighted by atomic mass is 10.2. The summed E-state index contributed by atoms with van der Waals surface area (Å²) in [4.78, 5) is 39.1. The van der Waals surface area contributed by atoms with Crippen molar-refractivity contribution >= 4 is 27.5 Å². The highest BCUT2D eigenvalue weighted by atomic mass is 32.1. The standard InChI is InChI=1S/C18H26N2O5S/c1-7-8-19-14(21)12-11(2)13(16(22)25-18(3,4)5)26-15(12)20(17(19)23)9-10-24-6/h7-10H2,1-6H3. The van der Waals surface area contributed by atoms with E-state index in [-0.39, 0.29) is 11.2 Å². The molecule has 0 aliphatic carbocycles. The number of fused-ring (bicyclic) bond motifs is 1. The van der Waals surface area contributed by atoms with Gasteiger partial charge in [0.25, 0.3) is 5.56 Å². The van der Waals surface area contributed by atoms with E-state index in [0.29, 0.717) is 46.8 Å². The predicted molar refractivity (Wildman–Crippen MR) is 102 cm³/mol. The molecule has 0 amide bonds. The molecule has 0 unspecified atom stereocenters. The monoisotopic (exact) mass is 382 g/mol. The van der Waals surface area contributed by atoms with Gasteiger partial charge in [0, 0.05) is 13.7 Å². The number of ether oxygens (including phenoxy) is 2. The molecule has 26 heavy (non-hydrogen) atoms. The Hall–Kier alpha value is -1.93. The number of rotatable bonds is 6. The Morgan fingerprint density at radius 1 is 1.15 bits per heavy atom. The zero-order chi connectivity index (χ0) is 19.6. The van der Waals surface area contributed by atoms with Crippen LogP contribution in [0.5, 0.6) is 0 Å². The van der Waals surface area contributed by atoms with Crippen molar-refractivity contribution in [1.82, 2.24) is 9.13 Å². The third-order valence-corrected chi connectivity index (χ3v) is 5.14. The van der Waals surface area contributed by atoms with E-state index >= 15 is 0 Å². The van der Waals surface area contributed by atoms with Crippen molar-refractivity contribution in [3.05, 3.63) is 31.3 Å². The van der Waals surface area contributed by atoms with E-state index in [4.69, 9.17) is 9.47 Å². The molecule has 0 radical (unpaired) electrons. The van der Waals surface area contributed by atoms with Crippen LogP contribution in [0.3, 0.4) is 0 Å². The number of methoxy groups -OCH3 is 1. The van der Waals surface area contributed by atoms with Gasteiger partial charge in [-0.15, -0.1) is 11.3 Å². The lowest BCUT2D eigenvalue weighted by Gasteiger charge is -2.19. The Balaban J connectivity index is 2.77. The van der Waals surface area contributed by atoms with Gasteiger partial charge in [0.1, 0.15) is 15.3 Å². The van der Waals surface area contributed by atoms with E-state index < -0.39 is 11.6 Å². The molecule has 0 aromatic carbocycles. The van der Waals surface area contributed by atoms with E-state index in [1.54, 1.807) is 34.8 Å². The number of aromatic nitrogens is 2. The summed E-state index contributed by atoms with van der Waals surface area (Å²) in [5, 5.41) is 0.403. The maximum Gasteiger partial charge on any atom is 0.349 e. The molecule has 2 aromatic heterocycles. The molecule has 2 rings (SSSR count). The first-order valence-electron chi connectivity index (χ1n) is 8.61. The Morgan fingerprint density at radius 3 is 2.35 bits per heavy atom. The molecule has 0 bridgehead atoms. The number of carbonyl (C=O) groups is 1. The summed E-state index contributed by atoms with van der Waals surface area (Å²) in [7, 11) is 1.55. The van der Waals surface area contributed by atoms with Gasteiger partial charge in [-0.3, -0.25) is 13.9 Å². The van der Waals surface area contributed by atoms with Gasteiger partial charge in [0.2, 0.25) is 0 Å². The fraction of sp³-hybridized carbons (Fsp3) is 0.611. The third-order valence-electron chi connectivity index (χ3n) is 3.84. The quantitative estimate of drug-likeness (QED) is 0.718. The van der Waals surface area contributed by atoms with E-state index in [0.717, 1.165) is 11.3 Å². The van der Waals surface area contributed by atoms with Crippen LogP contribution >= 0.6 is 11.3 Å². The number of carbonyl (C=O) groups excluding carboxylic acids is 1. The Morgan fingerprint density at radius 2 is 1.81 bits per heavy atom. The molecule has 0 saturated carbocycles. The second-order valence-corrected chi connectivity index (χ2v) is 8.12. The molecule has 0 aliphatic heterocycles. The van der Waals surface area contributed by atoms with Gasteiger partial charge < -0.3 is 9.47 Å². The Bertz CT molecular complexity index is 930. The van der Waals surface area contributed by atoms with Crippen LogP contribution in [-0.2, 0) is 22.6 Å². The van der Waals surface area contributed by atoms with Gasteiger partial charge in [0.15, 0.2) is 0 Å². The fourth-order valence-electron chi connectivity index (χ4n) is 2.71. The predicted octanol–water partition coefficient (Wildman–Crippen LogP) is 2.54. The topological polar surface area (TPSA) is 79.5 Å². The van der Waals surface area contributed by atoms with E-state index in [9.17, 15) is 14.4 Å². The van der Waals surface area contributed by atoms with Crippen LogP contribution in [0.2, 0.25) is 0 Å². The van der Waals surface area contributed by atoms with Gasteiger partial charge >= 0.3 is 11.7 Å². The molecular weight excluding hydrogens is 356 g/mol. The molecule has 8 heteroatoms. The van der Waals surface area contributed by atoms with Crippen LogP contribution in [0, 0.1) is 6.92 Å². The van der Waals surface area contributed by atoms with Crippen LogP contribution in [0.1, 0.15) is 49.4 Å². The second-order valence-electron chi connectivity index (χ2n) is 7.12. The highest BCUT2D eigenvalue weighted by Crippen LogP contribution is 2.29. The van der Waals surface area contributed by atoms with Gasteiger partial charge in [-0.1, -0.05) is 6.92 Å². The van der Waals surface area contributed by atoms with Crippen LogP contribution < -0.4 is 11.2 Å². The molecule has 0 spiro atoms. The second kappa shape index (κ2) is 7.75. The first-order valence-corrected chi connectivity index (χ1v) is 9.43. The average molecular weight is 382 g/mol. The molecule has 144 valence electrons. The van der Waals surface area contributed by atoms with Crippen molar-refractivity contribution in [3.63, 3.8) is 0 Å². The first-order chi connectivity index (χ1) is 12.1. The molecule has 0 atom stereocenters. The van der Waals surface area contributed by atoms with Gasteiger partial charge in [-0.2, -0.15) is 0 Å². The van der Waals surface area contributed by atoms with Crippen molar-refractivity contribution in [3.8, 4) is 0 Å². The number of esters is 1. The zero-order valence-electron chi connectivity index (χ0n) is 16.2. The summed E-state index contributed by atoms with van der Waals surface area (Å²) >= 11 is 1.12.